The molecule has 1 aromatic carbocycles. The lowest BCUT2D eigenvalue weighted by molar-refractivity contribution is 0.0927. The number of nitrogens with zero attached hydrogens (tertiary/aromatic N) is 1. The Kier molecular flexibility index (Phi) is 4.61. The summed E-state index contributed by atoms with van der Waals surface area (Å²) in [4.78, 5) is 11.7. The van der Waals surface area contributed by atoms with E-state index in [4.69, 9.17) is 13.9 Å². The largest absolute Gasteiger partial charge is 0.497 e. The van der Waals surface area contributed by atoms with Gasteiger partial charge in [0.2, 0.25) is 0 Å². The molecule has 1 aromatic heterocycles. The van der Waals surface area contributed by atoms with Gasteiger partial charge in [-0.15, -0.1) is 0 Å². The highest BCUT2D eigenvalue weighted by Crippen LogP contribution is 2.25. The third-order valence-electron chi connectivity index (χ3n) is 2.87. The standard InChI is InChI=1S/C15H16N2O4/c1-10(16-17-15(18)13-5-4-8-21-13)12-7-6-11(19-2)9-14(12)20-3/h4-9H,1-3H3,(H,17,18). The lowest BCUT2D eigenvalue weighted by atomic mass is 10.1. The Morgan fingerprint density at radius 3 is 2.67 bits per heavy atom. The van der Waals surface area contributed by atoms with E-state index in [2.05, 4.69) is 10.5 Å². The van der Waals surface area contributed by atoms with Gasteiger partial charge in [-0.25, -0.2) is 5.43 Å². The van der Waals surface area contributed by atoms with E-state index < -0.39 is 5.91 Å². The van der Waals surface area contributed by atoms with Crippen molar-refractivity contribution in [3.63, 3.8) is 0 Å². The van der Waals surface area contributed by atoms with E-state index in [0.717, 1.165) is 5.56 Å². The second-order valence-corrected chi connectivity index (χ2v) is 4.18. The van der Waals surface area contributed by atoms with E-state index in [1.165, 1.54) is 6.26 Å². The summed E-state index contributed by atoms with van der Waals surface area (Å²) in [7, 11) is 3.14. The van der Waals surface area contributed by atoms with Crippen molar-refractivity contribution in [3.05, 3.63) is 47.9 Å². The third kappa shape index (κ3) is 3.42. The number of ether oxygens (including phenoxy) is 2. The molecule has 0 saturated carbocycles. The number of amides is 1. The minimum Gasteiger partial charge on any atom is -0.497 e. The average molecular weight is 288 g/mol. The summed E-state index contributed by atoms with van der Waals surface area (Å²) in [5, 5.41) is 4.05. The lowest BCUT2D eigenvalue weighted by Gasteiger charge is -2.10. The molecule has 0 unspecified atom stereocenters. The Morgan fingerprint density at radius 2 is 2.05 bits per heavy atom. The van der Waals surface area contributed by atoms with Crippen LogP contribution in [0, 0.1) is 0 Å². The first-order chi connectivity index (χ1) is 10.2. The highest BCUT2D eigenvalue weighted by atomic mass is 16.5. The summed E-state index contributed by atoms with van der Waals surface area (Å²) in [5.41, 5.74) is 3.80. The summed E-state index contributed by atoms with van der Waals surface area (Å²) >= 11 is 0. The molecule has 0 aliphatic heterocycles. The SMILES string of the molecule is COc1ccc(C(C)=NNC(=O)c2ccco2)c(OC)c1. The lowest BCUT2D eigenvalue weighted by Crippen LogP contribution is -2.18. The van der Waals surface area contributed by atoms with Gasteiger partial charge in [0.1, 0.15) is 11.5 Å². The van der Waals surface area contributed by atoms with Crippen LogP contribution in [0.3, 0.4) is 0 Å². The second kappa shape index (κ2) is 6.60. The van der Waals surface area contributed by atoms with E-state index in [-0.39, 0.29) is 5.76 Å². The molecule has 1 heterocycles. The van der Waals surface area contributed by atoms with Gasteiger partial charge in [0.15, 0.2) is 5.76 Å². The van der Waals surface area contributed by atoms with Crippen LogP contribution in [0.5, 0.6) is 11.5 Å². The number of hydrogen-bond donors (Lipinski definition) is 1. The van der Waals surface area contributed by atoms with Gasteiger partial charge in [-0.1, -0.05) is 0 Å². The molecule has 6 nitrogen and oxygen atoms in total. The maximum Gasteiger partial charge on any atom is 0.307 e. The van der Waals surface area contributed by atoms with Gasteiger partial charge < -0.3 is 13.9 Å². The fourth-order valence-corrected chi connectivity index (χ4v) is 1.76. The highest BCUT2D eigenvalue weighted by Gasteiger charge is 2.10. The van der Waals surface area contributed by atoms with Crippen LogP contribution in [0.1, 0.15) is 23.0 Å². The van der Waals surface area contributed by atoms with Crippen molar-refractivity contribution in [2.45, 2.75) is 6.92 Å². The smallest absolute Gasteiger partial charge is 0.307 e. The van der Waals surface area contributed by atoms with Gasteiger partial charge >= 0.3 is 5.91 Å². The van der Waals surface area contributed by atoms with Gasteiger partial charge in [-0.2, -0.15) is 5.10 Å². The van der Waals surface area contributed by atoms with Gasteiger partial charge in [-0.3, -0.25) is 4.79 Å². The molecule has 0 spiro atoms. The van der Waals surface area contributed by atoms with Crippen molar-refractivity contribution >= 4 is 11.6 Å². The zero-order chi connectivity index (χ0) is 15.2. The molecule has 0 atom stereocenters. The number of hydrazone groups is 1. The molecular formula is C15H16N2O4. The molecule has 0 fully saturated rings. The quantitative estimate of drug-likeness (QED) is 0.677. The maximum atomic E-state index is 11.7. The summed E-state index contributed by atoms with van der Waals surface area (Å²) < 4.78 is 15.4. The average Bonchev–Trinajstić information content (AvgIpc) is 3.06. The van der Waals surface area contributed by atoms with E-state index in [1.807, 2.05) is 6.07 Å². The number of methoxy groups -OCH3 is 2. The first kappa shape index (κ1) is 14.6. The topological polar surface area (TPSA) is 73.1 Å². The first-order valence-electron chi connectivity index (χ1n) is 6.26. The van der Waals surface area contributed by atoms with Crippen molar-refractivity contribution in [1.29, 1.82) is 0 Å². The fourth-order valence-electron chi connectivity index (χ4n) is 1.76. The van der Waals surface area contributed by atoms with E-state index in [0.29, 0.717) is 17.2 Å². The highest BCUT2D eigenvalue weighted by molar-refractivity contribution is 6.02. The number of hydrogen-bond acceptors (Lipinski definition) is 5. The zero-order valence-electron chi connectivity index (χ0n) is 12.0. The van der Waals surface area contributed by atoms with Crippen LogP contribution >= 0.6 is 0 Å². The normalized spacial score (nSPS) is 11.1. The van der Waals surface area contributed by atoms with Crippen LogP contribution in [0.15, 0.2) is 46.1 Å². The predicted molar refractivity (Wildman–Crippen MR) is 77.9 cm³/mol. The number of nitrogens with one attached hydrogen (secondary N) is 1. The number of carbonyl (C=O) groups excluding carboxylic acids is 1. The molecule has 0 aliphatic rings. The Hall–Kier alpha value is -2.76. The predicted octanol–water partition coefficient (Wildman–Crippen LogP) is 2.45. The molecule has 110 valence electrons. The van der Waals surface area contributed by atoms with E-state index >= 15 is 0 Å². The third-order valence-corrected chi connectivity index (χ3v) is 2.87. The fraction of sp³-hybridized carbons (Fsp3) is 0.200. The van der Waals surface area contributed by atoms with Crippen molar-refractivity contribution < 1.29 is 18.7 Å². The van der Waals surface area contributed by atoms with Crippen LogP contribution in [0.25, 0.3) is 0 Å². The van der Waals surface area contributed by atoms with Crippen LogP contribution in [-0.2, 0) is 0 Å². The molecule has 0 radical (unpaired) electrons. The molecule has 0 aliphatic carbocycles. The van der Waals surface area contributed by atoms with Crippen molar-refractivity contribution in [2.24, 2.45) is 5.10 Å². The molecular weight excluding hydrogens is 272 g/mol. The Morgan fingerprint density at radius 1 is 1.24 bits per heavy atom. The number of carbonyl (C=O) groups is 1. The molecule has 2 rings (SSSR count). The Balaban J connectivity index is 2.17. The molecule has 2 aromatic rings. The van der Waals surface area contributed by atoms with Crippen LogP contribution in [0.2, 0.25) is 0 Å². The number of benzene rings is 1. The number of rotatable bonds is 5. The second-order valence-electron chi connectivity index (χ2n) is 4.18. The van der Waals surface area contributed by atoms with Crippen LogP contribution in [-0.4, -0.2) is 25.8 Å². The van der Waals surface area contributed by atoms with Crippen molar-refractivity contribution in [1.82, 2.24) is 5.43 Å². The Bertz CT molecular complexity index is 648. The van der Waals surface area contributed by atoms with Crippen LogP contribution < -0.4 is 14.9 Å². The Labute approximate surface area is 122 Å². The molecule has 0 saturated heterocycles. The summed E-state index contributed by atoms with van der Waals surface area (Å²) in [6.07, 6.45) is 1.43. The minimum absolute atomic E-state index is 0.202. The summed E-state index contributed by atoms with van der Waals surface area (Å²) in [6, 6.07) is 8.57. The summed E-state index contributed by atoms with van der Waals surface area (Å²) in [5.74, 6) is 1.09. The maximum absolute atomic E-state index is 11.7. The van der Waals surface area contributed by atoms with Crippen LogP contribution in [0.4, 0.5) is 0 Å². The van der Waals surface area contributed by atoms with Gasteiger partial charge in [0, 0.05) is 11.6 Å². The molecule has 0 bridgehead atoms. The number of furan rings is 1. The first-order valence-corrected chi connectivity index (χ1v) is 6.26. The molecule has 1 amide bonds. The van der Waals surface area contributed by atoms with E-state index in [9.17, 15) is 4.79 Å². The summed E-state index contributed by atoms with van der Waals surface area (Å²) in [6.45, 7) is 1.77. The van der Waals surface area contributed by atoms with Gasteiger partial charge in [0.05, 0.1) is 26.2 Å². The van der Waals surface area contributed by atoms with Crippen molar-refractivity contribution in [2.75, 3.05) is 14.2 Å². The van der Waals surface area contributed by atoms with Gasteiger partial charge in [0.25, 0.3) is 0 Å². The monoisotopic (exact) mass is 288 g/mol. The minimum atomic E-state index is -0.410. The molecule has 1 N–H and O–H groups in total. The molecule has 21 heavy (non-hydrogen) atoms. The molecule has 6 heteroatoms. The van der Waals surface area contributed by atoms with Crippen molar-refractivity contribution in [3.8, 4) is 11.5 Å². The van der Waals surface area contributed by atoms with Gasteiger partial charge in [-0.05, 0) is 31.2 Å². The van der Waals surface area contributed by atoms with E-state index in [1.54, 1.807) is 45.4 Å². The zero-order valence-corrected chi connectivity index (χ0v) is 12.0.